The molecule has 1 aromatic heterocycles. The molecule has 3 heteroatoms. The van der Waals surface area contributed by atoms with Gasteiger partial charge in [-0.2, -0.15) is 0 Å². The van der Waals surface area contributed by atoms with Crippen molar-refractivity contribution in [2.75, 3.05) is 6.61 Å². The maximum absolute atomic E-state index is 5.86. The molecule has 2 atom stereocenters. The zero-order chi connectivity index (χ0) is 8.39. The zero-order valence-electron chi connectivity index (χ0n) is 6.90. The van der Waals surface area contributed by atoms with Crippen LogP contribution in [0.15, 0.2) is 17.5 Å². The predicted molar refractivity (Wildman–Crippen MR) is 50.2 cm³/mol. The van der Waals surface area contributed by atoms with Gasteiger partial charge in [0.1, 0.15) is 0 Å². The van der Waals surface area contributed by atoms with E-state index in [0.717, 1.165) is 19.4 Å². The fourth-order valence-electron chi connectivity index (χ4n) is 1.50. The van der Waals surface area contributed by atoms with Crippen LogP contribution in [0.25, 0.3) is 0 Å². The highest BCUT2D eigenvalue weighted by Gasteiger charge is 2.21. The minimum absolute atomic E-state index is 0.258. The summed E-state index contributed by atoms with van der Waals surface area (Å²) < 4.78 is 5.62. The SMILES string of the molecule is N[C@H]1CCO[C@@H](c2cccs2)C1. The first-order chi connectivity index (χ1) is 5.86. The molecule has 1 saturated heterocycles. The van der Waals surface area contributed by atoms with Gasteiger partial charge < -0.3 is 10.5 Å². The maximum Gasteiger partial charge on any atom is 0.0931 e. The second-order valence-electron chi connectivity index (χ2n) is 3.16. The van der Waals surface area contributed by atoms with E-state index in [-0.39, 0.29) is 6.10 Å². The fourth-order valence-corrected chi connectivity index (χ4v) is 2.28. The molecule has 1 aliphatic heterocycles. The molecule has 0 unspecified atom stereocenters. The average molecular weight is 183 g/mol. The van der Waals surface area contributed by atoms with E-state index in [2.05, 4.69) is 17.5 Å². The smallest absolute Gasteiger partial charge is 0.0931 e. The van der Waals surface area contributed by atoms with E-state index in [1.54, 1.807) is 11.3 Å². The number of thiophene rings is 1. The molecule has 0 spiro atoms. The van der Waals surface area contributed by atoms with Crippen LogP contribution < -0.4 is 5.73 Å². The molecule has 0 aromatic carbocycles. The molecule has 2 rings (SSSR count). The van der Waals surface area contributed by atoms with Gasteiger partial charge in [0, 0.05) is 17.5 Å². The van der Waals surface area contributed by atoms with Gasteiger partial charge in [-0.1, -0.05) is 6.07 Å². The minimum atomic E-state index is 0.258. The summed E-state index contributed by atoms with van der Waals surface area (Å²) in [6.45, 7) is 0.809. The molecule has 0 amide bonds. The van der Waals surface area contributed by atoms with Crippen LogP contribution in [0.2, 0.25) is 0 Å². The van der Waals surface area contributed by atoms with Gasteiger partial charge in [-0.05, 0) is 24.3 Å². The molecular formula is C9H13NOS. The normalized spacial score (nSPS) is 30.4. The molecule has 12 heavy (non-hydrogen) atoms. The quantitative estimate of drug-likeness (QED) is 0.722. The summed E-state index contributed by atoms with van der Waals surface area (Å²) in [6, 6.07) is 4.50. The lowest BCUT2D eigenvalue weighted by Crippen LogP contribution is -2.30. The van der Waals surface area contributed by atoms with E-state index in [1.165, 1.54) is 4.88 Å². The highest BCUT2D eigenvalue weighted by atomic mass is 32.1. The largest absolute Gasteiger partial charge is 0.373 e. The Balaban J connectivity index is 2.04. The van der Waals surface area contributed by atoms with Gasteiger partial charge >= 0.3 is 0 Å². The minimum Gasteiger partial charge on any atom is -0.373 e. The van der Waals surface area contributed by atoms with Crippen molar-refractivity contribution >= 4 is 11.3 Å². The third-order valence-corrected chi connectivity index (χ3v) is 3.15. The van der Waals surface area contributed by atoms with Gasteiger partial charge in [0.2, 0.25) is 0 Å². The van der Waals surface area contributed by atoms with Crippen molar-refractivity contribution in [2.24, 2.45) is 5.73 Å². The zero-order valence-corrected chi connectivity index (χ0v) is 7.72. The van der Waals surface area contributed by atoms with Crippen LogP contribution >= 0.6 is 11.3 Å². The molecule has 0 radical (unpaired) electrons. The molecule has 0 saturated carbocycles. The Kier molecular flexibility index (Phi) is 2.44. The Morgan fingerprint density at radius 2 is 2.50 bits per heavy atom. The summed E-state index contributed by atoms with van der Waals surface area (Å²) in [7, 11) is 0. The van der Waals surface area contributed by atoms with Gasteiger partial charge in [0.15, 0.2) is 0 Å². The Hall–Kier alpha value is -0.380. The molecule has 1 aliphatic rings. The van der Waals surface area contributed by atoms with Crippen molar-refractivity contribution in [1.82, 2.24) is 0 Å². The molecule has 2 heterocycles. The van der Waals surface area contributed by atoms with Gasteiger partial charge in [0.25, 0.3) is 0 Å². The van der Waals surface area contributed by atoms with Crippen molar-refractivity contribution in [3.63, 3.8) is 0 Å². The number of rotatable bonds is 1. The van der Waals surface area contributed by atoms with Gasteiger partial charge in [-0.25, -0.2) is 0 Å². The van der Waals surface area contributed by atoms with Crippen LogP contribution in [-0.2, 0) is 4.74 Å². The lowest BCUT2D eigenvalue weighted by molar-refractivity contribution is 0.00886. The number of ether oxygens (including phenoxy) is 1. The maximum atomic E-state index is 5.86. The molecule has 1 aromatic rings. The van der Waals surface area contributed by atoms with Crippen LogP contribution in [0.1, 0.15) is 23.8 Å². The first kappa shape index (κ1) is 8.23. The summed E-state index contributed by atoms with van der Waals surface area (Å²) in [5.74, 6) is 0. The third-order valence-electron chi connectivity index (χ3n) is 2.19. The molecule has 1 fully saturated rings. The van der Waals surface area contributed by atoms with E-state index >= 15 is 0 Å². The Morgan fingerprint density at radius 1 is 1.58 bits per heavy atom. The summed E-state index contributed by atoms with van der Waals surface area (Å²) in [5, 5.41) is 2.08. The Bertz CT molecular complexity index is 235. The molecule has 0 bridgehead atoms. The number of nitrogens with two attached hydrogens (primary N) is 1. The second kappa shape index (κ2) is 3.56. The summed E-state index contributed by atoms with van der Waals surface area (Å²) in [6.07, 6.45) is 2.23. The van der Waals surface area contributed by atoms with Crippen molar-refractivity contribution in [3.8, 4) is 0 Å². The molecule has 2 nitrogen and oxygen atoms in total. The van der Waals surface area contributed by atoms with Crippen molar-refractivity contribution < 1.29 is 4.74 Å². The van der Waals surface area contributed by atoms with Gasteiger partial charge in [0.05, 0.1) is 6.10 Å². The third kappa shape index (κ3) is 1.68. The number of hydrogen-bond acceptors (Lipinski definition) is 3. The highest BCUT2D eigenvalue weighted by molar-refractivity contribution is 7.10. The van der Waals surface area contributed by atoms with Crippen LogP contribution in [0.5, 0.6) is 0 Å². The Labute approximate surface area is 76.3 Å². The van der Waals surface area contributed by atoms with Crippen molar-refractivity contribution in [1.29, 1.82) is 0 Å². The van der Waals surface area contributed by atoms with Crippen molar-refractivity contribution in [2.45, 2.75) is 25.0 Å². The van der Waals surface area contributed by atoms with Crippen molar-refractivity contribution in [3.05, 3.63) is 22.4 Å². The lowest BCUT2D eigenvalue weighted by Gasteiger charge is -2.26. The summed E-state index contributed by atoms with van der Waals surface area (Å²) in [4.78, 5) is 1.31. The van der Waals surface area contributed by atoms with E-state index in [9.17, 15) is 0 Å². The predicted octanol–water partition coefficient (Wildman–Crippen LogP) is 1.93. The van der Waals surface area contributed by atoms with Crippen LogP contribution in [0.3, 0.4) is 0 Å². The summed E-state index contributed by atoms with van der Waals surface area (Å²) >= 11 is 1.75. The number of hydrogen-bond donors (Lipinski definition) is 1. The molecule has 2 N–H and O–H groups in total. The first-order valence-electron chi connectivity index (χ1n) is 4.27. The standard InChI is InChI=1S/C9H13NOS/c10-7-3-4-11-8(6-7)9-2-1-5-12-9/h1-2,5,7-8H,3-4,6,10H2/t7-,8+/m0/s1. The summed E-state index contributed by atoms with van der Waals surface area (Å²) in [5.41, 5.74) is 5.86. The first-order valence-corrected chi connectivity index (χ1v) is 5.15. The second-order valence-corrected chi connectivity index (χ2v) is 4.14. The van der Waals surface area contributed by atoms with Crippen LogP contribution in [-0.4, -0.2) is 12.6 Å². The Morgan fingerprint density at radius 3 is 3.17 bits per heavy atom. The molecule has 0 aliphatic carbocycles. The van der Waals surface area contributed by atoms with E-state index in [0.29, 0.717) is 6.04 Å². The molecule has 66 valence electrons. The van der Waals surface area contributed by atoms with Crippen LogP contribution in [0.4, 0.5) is 0 Å². The van der Waals surface area contributed by atoms with Gasteiger partial charge in [-0.15, -0.1) is 11.3 Å². The molecular weight excluding hydrogens is 170 g/mol. The highest BCUT2D eigenvalue weighted by Crippen LogP contribution is 2.29. The fraction of sp³-hybridized carbons (Fsp3) is 0.556. The topological polar surface area (TPSA) is 35.2 Å². The van der Waals surface area contributed by atoms with Crippen LogP contribution in [0, 0.1) is 0 Å². The van der Waals surface area contributed by atoms with E-state index in [1.807, 2.05) is 0 Å². The average Bonchev–Trinajstić information content (AvgIpc) is 2.56. The lowest BCUT2D eigenvalue weighted by atomic mass is 10.0. The van der Waals surface area contributed by atoms with Gasteiger partial charge in [-0.3, -0.25) is 0 Å². The van der Waals surface area contributed by atoms with E-state index < -0.39 is 0 Å². The van der Waals surface area contributed by atoms with E-state index in [4.69, 9.17) is 10.5 Å². The monoisotopic (exact) mass is 183 g/mol.